The lowest BCUT2D eigenvalue weighted by molar-refractivity contribution is -0.275. The van der Waals surface area contributed by atoms with Crippen LogP contribution in [0.5, 0.6) is 0 Å². The van der Waals surface area contributed by atoms with E-state index in [-0.39, 0.29) is 17.4 Å². The van der Waals surface area contributed by atoms with Crippen LogP contribution in [0.25, 0.3) is 0 Å². The molecule has 1 spiro atoms. The first-order valence-electron chi connectivity index (χ1n) is 6.83. The average molecular weight is 243 g/mol. The van der Waals surface area contributed by atoms with E-state index in [0.29, 0.717) is 11.8 Å². The lowest BCUT2D eigenvalue weighted by Gasteiger charge is -2.65. The maximum Gasteiger partial charge on any atom is 0.231 e. The quantitative estimate of drug-likeness (QED) is 0.823. The molecular formula is C15H17NO2. The number of hydrogen-bond acceptors (Lipinski definition) is 2. The van der Waals surface area contributed by atoms with E-state index in [1.807, 2.05) is 18.2 Å². The van der Waals surface area contributed by atoms with Gasteiger partial charge < -0.3 is 10.1 Å². The Morgan fingerprint density at radius 2 is 2.28 bits per heavy atom. The Morgan fingerprint density at radius 1 is 1.44 bits per heavy atom. The molecule has 1 aromatic carbocycles. The van der Waals surface area contributed by atoms with Crippen molar-refractivity contribution < 1.29 is 9.53 Å². The first-order valence-corrected chi connectivity index (χ1v) is 6.83. The number of carbonyl (C=O) groups is 1. The number of rotatable bonds is 1. The second-order valence-corrected chi connectivity index (χ2v) is 5.62. The lowest BCUT2D eigenvalue weighted by atomic mass is 9.46. The van der Waals surface area contributed by atoms with E-state index in [0.717, 1.165) is 25.1 Å². The maximum atomic E-state index is 12.3. The van der Waals surface area contributed by atoms with Gasteiger partial charge in [-0.2, -0.15) is 0 Å². The van der Waals surface area contributed by atoms with E-state index in [9.17, 15) is 4.79 Å². The van der Waals surface area contributed by atoms with Gasteiger partial charge in [0.25, 0.3) is 0 Å². The van der Waals surface area contributed by atoms with Gasteiger partial charge in [0.05, 0.1) is 5.92 Å². The van der Waals surface area contributed by atoms with Gasteiger partial charge in [-0.05, 0) is 30.7 Å². The highest BCUT2D eigenvalue weighted by molar-refractivity contribution is 5.98. The minimum absolute atomic E-state index is 0.0334. The molecule has 1 amide bonds. The smallest absolute Gasteiger partial charge is 0.231 e. The third-order valence-electron chi connectivity index (χ3n) is 5.08. The van der Waals surface area contributed by atoms with Gasteiger partial charge in [-0.3, -0.25) is 4.79 Å². The fraction of sp³-hybridized carbons (Fsp3) is 0.533. The fourth-order valence-electron chi connectivity index (χ4n) is 4.49. The molecule has 18 heavy (non-hydrogen) atoms. The Hall–Kier alpha value is -1.35. The molecule has 2 aliphatic heterocycles. The molecule has 3 nitrogen and oxygen atoms in total. The molecule has 1 aliphatic carbocycles. The van der Waals surface area contributed by atoms with Crippen LogP contribution in [-0.4, -0.2) is 12.5 Å². The normalized spacial score (nSPS) is 40.3. The van der Waals surface area contributed by atoms with Crippen LogP contribution < -0.4 is 5.32 Å². The van der Waals surface area contributed by atoms with E-state index in [1.165, 1.54) is 5.56 Å². The van der Waals surface area contributed by atoms with Crippen LogP contribution in [0.3, 0.4) is 0 Å². The van der Waals surface area contributed by atoms with Gasteiger partial charge in [0.1, 0.15) is 5.60 Å². The van der Waals surface area contributed by atoms with Crippen LogP contribution in [0.15, 0.2) is 24.3 Å². The number of carbonyl (C=O) groups excluding carboxylic acids is 1. The molecule has 0 unspecified atom stereocenters. The van der Waals surface area contributed by atoms with Crippen LogP contribution >= 0.6 is 0 Å². The summed E-state index contributed by atoms with van der Waals surface area (Å²) in [6, 6.07) is 8.11. The van der Waals surface area contributed by atoms with Crippen molar-refractivity contribution in [1.82, 2.24) is 0 Å². The third kappa shape index (κ3) is 0.985. The van der Waals surface area contributed by atoms with Crippen LogP contribution in [-0.2, 0) is 15.1 Å². The molecule has 94 valence electrons. The van der Waals surface area contributed by atoms with E-state index >= 15 is 0 Å². The standard InChI is InChI=1S/C15H17NO2/c1-2-10-9-7-8-18-15(10)11-5-3-4-6-12(11)16-14(17)13(9)15/h3-6,9-10,13H,2,7-8H2,1H3,(H,16,17)/t9-,10+,13-,15-/m0/s1. The highest BCUT2D eigenvalue weighted by atomic mass is 16.5. The van der Waals surface area contributed by atoms with Crippen LogP contribution in [0.4, 0.5) is 5.69 Å². The molecule has 1 saturated carbocycles. The largest absolute Gasteiger partial charge is 0.369 e. The monoisotopic (exact) mass is 243 g/mol. The van der Waals surface area contributed by atoms with Crippen molar-refractivity contribution in [1.29, 1.82) is 0 Å². The number of ether oxygens (including phenoxy) is 1. The summed E-state index contributed by atoms with van der Waals surface area (Å²) < 4.78 is 6.17. The molecule has 2 bridgehead atoms. The van der Waals surface area contributed by atoms with Gasteiger partial charge in [0.15, 0.2) is 0 Å². The molecule has 4 rings (SSSR count). The Kier molecular flexibility index (Phi) is 1.97. The Morgan fingerprint density at radius 3 is 3.11 bits per heavy atom. The Labute approximate surface area is 107 Å². The van der Waals surface area contributed by atoms with Gasteiger partial charge >= 0.3 is 0 Å². The maximum absolute atomic E-state index is 12.3. The summed E-state index contributed by atoms with van der Waals surface area (Å²) in [5.41, 5.74) is 1.81. The van der Waals surface area contributed by atoms with E-state index in [4.69, 9.17) is 4.74 Å². The molecule has 1 aromatic rings. The van der Waals surface area contributed by atoms with Crippen molar-refractivity contribution in [2.45, 2.75) is 25.4 Å². The highest BCUT2D eigenvalue weighted by Crippen LogP contribution is 2.66. The van der Waals surface area contributed by atoms with Crippen molar-refractivity contribution in [2.24, 2.45) is 17.8 Å². The summed E-state index contributed by atoms with van der Waals surface area (Å²) >= 11 is 0. The lowest BCUT2D eigenvalue weighted by Crippen LogP contribution is -2.69. The molecule has 2 heterocycles. The number of para-hydroxylation sites is 1. The number of nitrogens with one attached hydrogen (secondary N) is 1. The predicted octanol–water partition coefficient (Wildman–Crippen LogP) is 2.53. The highest BCUT2D eigenvalue weighted by Gasteiger charge is 2.69. The summed E-state index contributed by atoms with van der Waals surface area (Å²) in [5, 5.41) is 3.04. The second kappa shape index (κ2) is 3.35. The SMILES string of the molecule is CC[C@@H]1[C@@H]2CCO[C@]13c1ccccc1NC(=O)[C@H]23. The van der Waals surface area contributed by atoms with E-state index in [1.54, 1.807) is 0 Å². The molecule has 0 radical (unpaired) electrons. The zero-order valence-corrected chi connectivity index (χ0v) is 10.5. The minimum atomic E-state index is -0.323. The number of benzene rings is 1. The molecule has 4 atom stereocenters. The predicted molar refractivity (Wildman–Crippen MR) is 68.1 cm³/mol. The van der Waals surface area contributed by atoms with Crippen molar-refractivity contribution in [2.75, 3.05) is 11.9 Å². The molecule has 1 saturated heterocycles. The Balaban J connectivity index is 1.93. The number of amides is 1. The molecule has 0 aromatic heterocycles. The van der Waals surface area contributed by atoms with E-state index in [2.05, 4.69) is 18.3 Å². The van der Waals surface area contributed by atoms with Crippen LogP contribution in [0, 0.1) is 17.8 Å². The van der Waals surface area contributed by atoms with Gasteiger partial charge in [-0.25, -0.2) is 0 Å². The summed E-state index contributed by atoms with van der Waals surface area (Å²) in [4.78, 5) is 12.3. The van der Waals surface area contributed by atoms with Gasteiger partial charge in [0.2, 0.25) is 5.91 Å². The van der Waals surface area contributed by atoms with Crippen molar-refractivity contribution in [3.63, 3.8) is 0 Å². The minimum Gasteiger partial charge on any atom is -0.369 e. The first-order chi connectivity index (χ1) is 8.79. The zero-order valence-electron chi connectivity index (χ0n) is 10.5. The molecule has 3 aliphatic rings. The number of anilines is 1. The first kappa shape index (κ1) is 10.6. The third-order valence-corrected chi connectivity index (χ3v) is 5.08. The summed E-state index contributed by atoms with van der Waals surface area (Å²) in [6.45, 7) is 3.00. The number of fused-ring (bicyclic) bond motifs is 3. The average Bonchev–Trinajstić information content (AvgIpc) is 2.39. The van der Waals surface area contributed by atoms with Crippen LogP contribution in [0.1, 0.15) is 25.3 Å². The second-order valence-electron chi connectivity index (χ2n) is 5.62. The fourth-order valence-corrected chi connectivity index (χ4v) is 4.49. The molecular weight excluding hydrogens is 226 g/mol. The molecule has 2 fully saturated rings. The summed E-state index contributed by atoms with van der Waals surface area (Å²) in [5.74, 6) is 1.20. The van der Waals surface area contributed by atoms with E-state index < -0.39 is 0 Å². The number of hydrogen-bond donors (Lipinski definition) is 1. The zero-order chi connectivity index (χ0) is 12.3. The summed E-state index contributed by atoms with van der Waals surface area (Å²) in [7, 11) is 0. The van der Waals surface area contributed by atoms with Crippen molar-refractivity contribution >= 4 is 11.6 Å². The topological polar surface area (TPSA) is 38.3 Å². The molecule has 1 N–H and O–H groups in total. The summed E-state index contributed by atoms with van der Waals surface area (Å²) in [6.07, 6.45) is 2.11. The van der Waals surface area contributed by atoms with Crippen molar-refractivity contribution in [3.8, 4) is 0 Å². The van der Waals surface area contributed by atoms with Gasteiger partial charge in [-0.15, -0.1) is 0 Å². The van der Waals surface area contributed by atoms with Gasteiger partial charge in [-0.1, -0.05) is 25.1 Å². The van der Waals surface area contributed by atoms with Crippen molar-refractivity contribution in [3.05, 3.63) is 29.8 Å². The van der Waals surface area contributed by atoms with Gasteiger partial charge in [0, 0.05) is 17.9 Å². The van der Waals surface area contributed by atoms with Crippen LogP contribution in [0.2, 0.25) is 0 Å². The molecule has 3 heteroatoms. The Bertz CT molecular complexity index is 527.